The number of halogens is 2. The van der Waals surface area contributed by atoms with Crippen LogP contribution in [-0.2, 0) is 22.0 Å². The van der Waals surface area contributed by atoms with E-state index in [-0.39, 0.29) is 23.3 Å². The Bertz CT molecular complexity index is 532. The zero-order chi connectivity index (χ0) is 15.3. The second-order valence-electron chi connectivity index (χ2n) is 7.17. The Morgan fingerprint density at radius 1 is 1.10 bits per heavy atom. The summed E-state index contributed by atoms with van der Waals surface area (Å²) in [5, 5.41) is 0. The molecule has 0 saturated carbocycles. The molecular weight excluding hydrogens is 298 g/mol. The second-order valence-corrected chi connectivity index (χ2v) is 8.86. The van der Waals surface area contributed by atoms with Gasteiger partial charge in [-0.05, 0) is 33.7 Å². The standard InChI is InChI=1S/C15H21ClFO2P/c1-14(2,3)10-7-11(15(4,5)6)13-9(12(10)17)8-18-20(16)19-13/h7H,8H2,1-6H3. The Kier molecular flexibility index (Phi) is 4.10. The van der Waals surface area contributed by atoms with Gasteiger partial charge in [0.25, 0.3) is 0 Å². The minimum absolute atomic E-state index is 0.151. The van der Waals surface area contributed by atoms with Gasteiger partial charge in [0.05, 0.1) is 12.2 Å². The zero-order valence-corrected chi connectivity index (χ0v) is 14.5. The summed E-state index contributed by atoms with van der Waals surface area (Å²) < 4.78 is 25.6. The third-order valence-corrected chi connectivity index (χ3v) is 4.56. The lowest BCUT2D eigenvalue weighted by Gasteiger charge is -2.32. The summed E-state index contributed by atoms with van der Waals surface area (Å²) >= 11 is 5.95. The molecule has 0 saturated heterocycles. The Morgan fingerprint density at radius 3 is 2.15 bits per heavy atom. The molecule has 1 atom stereocenters. The Labute approximate surface area is 126 Å². The number of fused-ring (bicyclic) bond motifs is 1. The molecule has 5 heteroatoms. The van der Waals surface area contributed by atoms with Crippen LogP contribution in [0.1, 0.15) is 58.2 Å². The maximum Gasteiger partial charge on any atom is 0.338 e. The topological polar surface area (TPSA) is 18.5 Å². The van der Waals surface area contributed by atoms with Crippen LogP contribution in [0.15, 0.2) is 6.07 Å². The fourth-order valence-corrected chi connectivity index (χ4v) is 3.24. The van der Waals surface area contributed by atoms with Crippen molar-refractivity contribution >= 4 is 19.0 Å². The van der Waals surface area contributed by atoms with Crippen molar-refractivity contribution in [2.24, 2.45) is 0 Å². The maximum atomic E-state index is 14.7. The van der Waals surface area contributed by atoms with Crippen LogP contribution in [0.3, 0.4) is 0 Å². The maximum absolute atomic E-state index is 14.7. The molecule has 0 radical (unpaired) electrons. The molecule has 0 amide bonds. The second kappa shape index (κ2) is 5.12. The number of hydrogen-bond donors (Lipinski definition) is 0. The highest BCUT2D eigenvalue weighted by Crippen LogP contribution is 2.54. The third kappa shape index (κ3) is 2.95. The molecule has 0 N–H and O–H groups in total. The first-order chi connectivity index (χ1) is 9.01. The Hall–Kier alpha value is -0.370. The molecule has 0 aromatic heterocycles. The molecule has 1 aliphatic heterocycles. The number of rotatable bonds is 0. The fraction of sp³-hybridized carbons (Fsp3) is 0.600. The first kappa shape index (κ1) is 16.0. The van der Waals surface area contributed by atoms with Crippen LogP contribution >= 0.6 is 19.0 Å². The summed E-state index contributed by atoms with van der Waals surface area (Å²) in [6, 6.07) is 1.92. The normalized spacial score (nSPS) is 19.5. The van der Waals surface area contributed by atoms with Crippen LogP contribution in [0.2, 0.25) is 0 Å². The molecule has 1 heterocycles. The first-order valence-electron chi connectivity index (χ1n) is 6.65. The van der Waals surface area contributed by atoms with Crippen LogP contribution in [0, 0.1) is 5.82 Å². The van der Waals surface area contributed by atoms with Crippen LogP contribution in [0.4, 0.5) is 4.39 Å². The molecule has 20 heavy (non-hydrogen) atoms. The van der Waals surface area contributed by atoms with Gasteiger partial charge >= 0.3 is 7.73 Å². The van der Waals surface area contributed by atoms with Crippen LogP contribution < -0.4 is 4.52 Å². The molecule has 0 bridgehead atoms. The van der Waals surface area contributed by atoms with Gasteiger partial charge < -0.3 is 9.05 Å². The van der Waals surface area contributed by atoms with E-state index in [0.29, 0.717) is 16.9 Å². The predicted molar refractivity (Wildman–Crippen MR) is 82.0 cm³/mol. The van der Waals surface area contributed by atoms with Gasteiger partial charge in [-0.2, -0.15) is 0 Å². The van der Waals surface area contributed by atoms with Crippen molar-refractivity contribution in [1.82, 2.24) is 0 Å². The van der Waals surface area contributed by atoms with Gasteiger partial charge in [-0.25, -0.2) is 4.39 Å². The Balaban J connectivity index is 2.74. The SMILES string of the molecule is CC(C)(C)c1cc(C(C)(C)C)c2c(c1F)COP(Cl)O2. The van der Waals surface area contributed by atoms with E-state index in [4.69, 9.17) is 20.3 Å². The molecule has 1 unspecified atom stereocenters. The highest BCUT2D eigenvalue weighted by molar-refractivity contribution is 7.76. The van der Waals surface area contributed by atoms with Crippen molar-refractivity contribution in [1.29, 1.82) is 0 Å². The minimum Gasteiger partial charge on any atom is -0.435 e. The molecule has 112 valence electrons. The predicted octanol–water partition coefficient (Wildman–Crippen LogP) is 5.80. The van der Waals surface area contributed by atoms with Crippen molar-refractivity contribution in [2.75, 3.05) is 0 Å². The number of benzene rings is 1. The van der Waals surface area contributed by atoms with Crippen LogP contribution in [0.25, 0.3) is 0 Å². The lowest BCUT2D eigenvalue weighted by molar-refractivity contribution is 0.275. The van der Waals surface area contributed by atoms with Crippen LogP contribution in [0.5, 0.6) is 5.75 Å². The van der Waals surface area contributed by atoms with Crippen molar-refractivity contribution < 1.29 is 13.4 Å². The van der Waals surface area contributed by atoms with Gasteiger partial charge in [-0.15, -0.1) is 0 Å². The first-order valence-corrected chi connectivity index (χ1v) is 8.73. The van der Waals surface area contributed by atoms with E-state index in [1.807, 2.05) is 26.8 Å². The third-order valence-electron chi connectivity index (χ3n) is 3.40. The molecule has 2 nitrogen and oxygen atoms in total. The van der Waals surface area contributed by atoms with Gasteiger partial charge in [0.1, 0.15) is 11.6 Å². The molecule has 1 aliphatic rings. The molecular formula is C15H21ClFO2P. The Morgan fingerprint density at radius 2 is 1.65 bits per heavy atom. The average molecular weight is 319 g/mol. The average Bonchev–Trinajstić information content (AvgIpc) is 2.25. The summed E-state index contributed by atoms with van der Waals surface area (Å²) in [6.07, 6.45) is 0. The van der Waals surface area contributed by atoms with Gasteiger partial charge in [0.2, 0.25) is 0 Å². The smallest absolute Gasteiger partial charge is 0.338 e. The van der Waals surface area contributed by atoms with Crippen molar-refractivity contribution in [3.05, 3.63) is 28.6 Å². The highest BCUT2D eigenvalue weighted by Gasteiger charge is 2.34. The van der Waals surface area contributed by atoms with E-state index in [1.54, 1.807) is 0 Å². The summed E-state index contributed by atoms with van der Waals surface area (Å²) in [4.78, 5) is 0. The summed E-state index contributed by atoms with van der Waals surface area (Å²) in [6.45, 7) is 12.4. The van der Waals surface area contributed by atoms with E-state index in [9.17, 15) is 4.39 Å². The van der Waals surface area contributed by atoms with E-state index in [2.05, 4.69) is 20.8 Å². The van der Waals surface area contributed by atoms with Gasteiger partial charge in [-0.3, -0.25) is 0 Å². The minimum atomic E-state index is -1.49. The lowest BCUT2D eigenvalue weighted by atomic mass is 9.78. The van der Waals surface area contributed by atoms with Crippen molar-refractivity contribution in [3.63, 3.8) is 0 Å². The van der Waals surface area contributed by atoms with Crippen molar-refractivity contribution in [2.45, 2.75) is 59.0 Å². The molecule has 0 spiro atoms. The summed E-state index contributed by atoms with van der Waals surface area (Å²) in [7, 11) is -1.49. The van der Waals surface area contributed by atoms with Gasteiger partial charge in [0.15, 0.2) is 0 Å². The quantitative estimate of drug-likeness (QED) is 0.563. The molecule has 0 fully saturated rings. The summed E-state index contributed by atoms with van der Waals surface area (Å²) in [5.41, 5.74) is 1.73. The molecule has 1 aromatic carbocycles. The van der Waals surface area contributed by atoms with Gasteiger partial charge in [-0.1, -0.05) is 41.5 Å². The molecule has 1 aromatic rings. The van der Waals surface area contributed by atoms with Crippen LogP contribution in [-0.4, -0.2) is 0 Å². The fourth-order valence-electron chi connectivity index (χ4n) is 2.25. The van der Waals surface area contributed by atoms with E-state index < -0.39 is 7.73 Å². The van der Waals surface area contributed by atoms with E-state index in [1.165, 1.54) is 0 Å². The lowest BCUT2D eigenvalue weighted by Crippen LogP contribution is -2.22. The monoisotopic (exact) mass is 318 g/mol. The largest absolute Gasteiger partial charge is 0.435 e. The van der Waals surface area contributed by atoms with Gasteiger partial charge in [0, 0.05) is 5.56 Å². The van der Waals surface area contributed by atoms with E-state index >= 15 is 0 Å². The zero-order valence-electron chi connectivity index (χ0n) is 12.8. The summed E-state index contributed by atoms with van der Waals surface area (Å²) in [5.74, 6) is 0.329. The molecule has 2 rings (SSSR count). The van der Waals surface area contributed by atoms with Crippen molar-refractivity contribution in [3.8, 4) is 5.75 Å². The molecule has 0 aliphatic carbocycles. The number of hydrogen-bond acceptors (Lipinski definition) is 2. The van der Waals surface area contributed by atoms with E-state index in [0.717, 1.165) is 5.56 Å². The highest BCUT2D eigenvalue weighted by atomic mass is 35.7.